The van der Waals surface area contributed by atoms with Gasteiger partial charge >= 0.3 is 12.1 Å². The first-order chi connectivity index (χ1) is 12.1. The molecule has 0 atom stereocenters. The van der Waals surface area contributed by atoms with E-state index >= 15 is 0 Å². The lowest BCUT2D eigenvalue weighted by atomic mass is 10.1. The van der Waals surface area contributed by atoms with Crippen LogP contribution in [0.25, 0.3) is 0 Å². The number of amides is 2. The molecule has 1 aromatic carbocycles. The van der Waals surface area contributed by atoms with E-state index in [2.05, 4.69) is 5.32 Å². The molecule has 1 aliphatic heterocycles. The number of nitrogens with one attached hydrogen (secondary N) is 1. The molecule has 0 unspecified atom stereocenters. The maximum Gasteiger partial charge on any atom is 0.471 e. The number of rotatable bonds is 4. The number of benzene rings is 1. The summed E-state index contributed by atoms with van der Waals surface area (Å²) in [5.41, 5.74) is 1.18. The molecule has 2 amide bonds. The highest BCUT2D eigenvalue weighted by Gasteiger charge is 2.43. The summed E-state index contributed by atoms with van der Waals surface area (Å²) in [6.45, 7) is 4.23. The van der Waals surface area contributed by atoms with Crippen LogP contribution in [0, 0.1) is 5.92 Å². The molecule has 0 radical (unpaired) electrons. The molecule has 1 heterocycles. The SMILES string of the molecule is CC(C)CC(=O)Nc1cc(Cl)ccc1N1CCN(C(=O)C(F)(F)F)CC1. The summed E-state index contributed by atoms with van der Waals surface area (Å²) >= 11 is 6.01. The Morgan fingerprint density at radius 1 is 1.19 bits per heavy atom. The molecule has 1 N–H and O–H groups in total. The summed E-state index contributed by atoms with van der Waals surface area (Å²) in [6, 6.07) is 4.99. The smallest absolute Gasteiger partial charge is 0.366 e. The standard InChI is InChI=1S/C17H21ClF3N3O2/c1-11(2)9-15(25)22-13-10-12(18)3-4-14(13)23-5-7-24(8-6-23)16(26)17(19,20)21/h3-4,10-11H,5-9H2,1-2H3,(H,22,25). The zero-order valence-corrected chi connectivity index (χ0v) is 15.3. The van der Waals surface area contributed by atoms with Gasteiger partial charge in [-0.2, -0.15) is 13.2 Å². The van der Waals surface area contributed by atoms with Crippen LogP contribution in [-0.4, -0.2) is 49.1 Å². The number of hydrogen-bond acceptors (Lipinski definition) is 3. The van der Waals surface area contributed by atoms with Crippen LogP contribution >= 0.6 is 11.6 Å². The summed E-state index contributed by atoms with van der Waals surface area (Å²) in [6.07, 6.45) is -4.52. The molecule has 0 bridgehead atoms. The first-order valence-electron chi connectivity index (χ1n) is 8.28. The van der Waals surface area contributed by atoms with E-state index in [1.165, 1.54) is 0 Å². The van der Waals surface area contributed by atoms with Crippen molar-refractivity contribution in [3.63, 3.8) is 0 Å². The molecule has 1 fully saturated rings. The molecule has 9 heteroatoms. The minimum absolute atomic E-state index is 0.0413. The quantitative estimate of drug-likeness (QED) is 0.854. The monoisotopic (exact) mass is 391 g/mol. The molecule has 26 heavy (non-hydrogen) atoms. The number of piperazine rings is 1. The highest BCUT2D eigenvalue weighted by atomic mass is 35.5. The zero-order valence-electron chi connectivity index (χ0n) is 14.6. The molecular formula is C17H21ClF3N3O2. The highest BCUT2D eigenvalue weighted by molar-refractivity contribution is 6.31. The number of carbonyl (C=O) groups is 2. The van der Waals surface area contributed by atoms with Crippen LogP contribution in [0.1, 0.15) is 20.3 Å². The Labute approximate surface area is 155 Å². The van der Waals surface area contributed by atoms with E-state index in [9.17, 15) is 22.8 Å². The summed E-state index contributed by atoms with van der Waals surface area (Å²) in [4.78, 5) is 26.0. The summed E-state index contributed by atoms with van der Waals surface area (Å²) in [7, 11) is 0. The van der Waals surface area contributed by atoms with Crippen molar-refractivity contribution >= 4 is 34.8 Å². The molecule has 0 aromatic heterocycles. The third-order valence-electron chi connectivity index (χ3n) is 3.98. The van der Waals surface area contributed by atoms with Crippen molar-refractivity contribution in [2.24, 2.45) is 5.92 Å². The van der Waals surface area contributed by atoms with Gasteiger partial charge in [0.1, 0.15) is 0 Å². The highest BCUT2D eigenvalue weighted by Crippen LogP contribution is 2.31. The first-order valence-corrected chi connectivity index (χ1v) is 8.66. The predicted molar refractivity (Wildman–Crippen MR) is 94.4 cm³/mol. The van der Waals surface area contributed by atoms with E-state index in [1.807, 2.05) is 18.7 Å². The third kappa shape index (κ3) is 5.27. The molecule has 0 aliphatic carbocycles. The summed E-state index contributed by atoms with van der Waals surface area (Å²) in [5.74, 6) is -1.79. The fraction of sp³-hybridized carbons (Fsp3) is 0.529. The van der Waals surface area contributed by atoms with Gasteiger partial charge in [-0.05, 0) is 24.1 Å². The Kier molecular flexibility index (Phi) is 6.39. The Balaban J connectivity index is 2.10. The minimum atomic E-state index is -4.86. The topological polar surface area (TPSA) is 52.7 Å². The van der Waals surface area contributed by atoms with Gasteiger partial charge in [0.2, 0.25) is 5.91 Å². The van der Waals surface area contributed by atoms with E-state index in [0.717, 1.165) is 4.90 Å². The maximum absolute atomic E-state index is 12.5. The molecular weight excluding hydrogens is 371 g/mol. The lowest BCUT2D eigenvalue weighted by Crippen LogP contribution is -2.52. The van der Waals surface area contributed by atoms with Gasteiger partial charge in [0, 0.05) is 37.6 Å². The Bertz CT molecular complexity index is 672. The van der Waals surface area contributed by atoms with Crippen molar-refractivity contribution in [2.75, 3.05) is 36.4 Å². The van der Waals surface area contributed by atoms with Gasteiger partial charge in [-0.1, -0.05) is 25.4 Å². The average Bonchev–Trinajstić information content (AvgIpc) is 2.53. The van der Waals surface area contributed by atoms with Crippen LogP contribution in [0.2, 0.25) is 5.02 Å². The maximum atomic E-state index is 12.5. The van der Waals surface area contributed by atoms with Crippen LogP contribution in [0.5, 0.6) is 0 Å². The van der Waals surface area contributed by atoms with Crippen LogP contribution in [0.15, 0.2) is 18.2 Å². The summed E-state index contributed by atoms with van der Waals surface area (Å²) < 4.78 is 37.6. The van der Waals surface area contributed by atoms with E-state index in [1.54, 1.807) is 18.2 Å². The fourth-order valence-corrected chi connectivity index (χ4v) is 2.96. The van der Waals surface area contributed by atoms with Gasteiger partial charge in [-0.15, -0.1) is 0 Å². The van der Waals surface area contributed by atoms with Crippen molar-refractivity contribution in [1.82, 2.24) is 4.90 Å². The van der Waals surface area contributed by atoms with Gasteiger partial charge < -0.3 is 15.1 Å². The number of anilines is 2. The molecule has 1 saturated heterocycles. The van der Waals surface area contributed by atoms with Crippen LogP contribution in [-0.2, 0) is 9.59 Å². The Morgan fingerprint density at radius 2 is 1.81 bits per heavy atom. The van der Waals surface area contributed by atoms with Gasteiger partial charge in [0.25, 0.3) is 0 Å². The second-order valence-corrected chi connectivity index (χ2v) is 7.02. The van der Waals surface area contributed by atoms with Crippen LogP contribution in [0.3, 0.4) is 0 Å². The average molecular weight is 392 g/mol. The van der Waals surface area contributed by atoms with E-state index in [-0.39, 0.29) is 38.0 Å². The molecule has 0 spiro atoms. The lowest BCUT2D eigenvalue weighted by Gasteiger charge is -2.37. The van der Waals surface area contributed by atoms with Gasteiger partial charge in [0.15, 0.2) is 0 Å². The Hall–Kier alpha value is -1.96. The number of hydrogen-bond donors (Lipinski definition) is 1. The van der Waals surface area contributed by atoms with Crippen LogP contribution < -0.4 is 10.2 Å². The zero-order chi connectivity index (χ0) is 19.5. The van der Waals surface area contributed by atoms with Gasteiger partial charge in [-0.25, -0.2) is 0 Å². The van der Waals surface area contributed by atoms with Gasteiger partial charge in [-0.3, -0.25) is 9.59 Å². The molecule has 1 aromatic rings. The Morgan fingerprint density at radius 3 is 2.35 bits per heavy atom. The van der Waals surface area contributed by atoms with E-state index in [0.29, 0.717) is 22.8 Å². The molecule has 144 valence electrons. The largest absolute Gasteiger partial charge is 0.471 e. The number of carbonyl (C=O) groups excluding carboxylic acids is 2. The third-order valence-corrected chi connectivity index (χ3v) is 4.21. The molecule has 2 rings (SSSR count). The number of alkyl halides is 3. The van der Waals surface area contributed by atoms with Crippen molar-refractivity contribution in [3.8, 4) is 0 Å². The molecule has 1 aliphatic rings. The second-order valence-electron chi connectivity index (χ2n) is 6.58. The number of halogens is 4. The molecule has 0 saturated carbocycles. The van der Waals surface area contributed by atoms with Crippen molar-refractivity contribution in [2.45, 2.75) is 26.4 Å². The molecule has 5 nitrogen and oxygen atoms in total. The van der Waals surface area contributed by atoms with Crippen LogP contribution in [0.4, 0.5) is 24.5 Å². The second kappa shape index (κ2) is 8.16. The van der Waals surface area contributed by atoms with Crippen molar-refractivity contribution < 1.29 is 22.8 Å². The van der Waals surface area contributed by atoms with E-state index in [4.69, 9.17) is 11.6 Å². The lowest BCUT2D eigenvalue weighted by molar-refractivity contribution is -0.185. The minimum Gasteiger partial charge on any atom is -0.366 e. The van der Waals surface area contributed by atoms with Crippen molar-refractivity contribution in [3.05, 3.63) is 23.2 Å². The summed E-state index contributed by atoms with van der Waals surface area (Å²) in [5, 5.41) is 3.26. The first kappa shape index (κ1) is 20.4. The van der Waals surface area contributed by atoms with Gasteiger partial charge in [0.05, 0.1) is 11.4 Å². The number of nitrogens with zero attached hydrogens (tertiary/aromatic N) is 2. The van der Waals surface area contributed by atoms with E-state index < -0.39 is 12.1 Å². The predicted octanol–water partition coefficient (Wildman–Crippen LogP) is 3.54. The normalized spacial score (nSPS) is 15.3. The van der Waals surface area contributed by atoms with Crippen molar-refractivity contribution in [1.29, 1.82) is 0 Å². The fourth-order valence-electron chi connectivity index (χ4n) is 2.79.